The van der Waals surface area contributed by atoms with Crippen LogP contribution in [-0.2, 0) is 0 Å². The highest BCUT2D eigenvalue weighted by atomic mass is 16.1. The zero-order chi connectivity index (χ0) is 11.8. The van der Waals surface area contributed by atoms with Crippen molar-refractivity contribution in [2.75, 3.05) is 0 Å². The van der Waals surface area contributed by atoms with Crippen LogP contribution in [0.2, 0.25) is 0 Å². The van der Waals surface area contributed by atoms with Gasteiger partial charge in [0.2, 0.25) is 0 Å². The Labute approximate surface area is 96.7 Å². The molecular weight excluding hydrogens is 216 g/mol. The molecule has 0 aliphatic carbocycles. The molecule has 0 bridgehead atoms. The van der Waals surface area contributed by atoms with Crippen LogP contribution in [0.5, 0.6) is 0 Å². The van der Waals surface area contributed by atoms with Crippen molar-refractivity contribution in [2.24, 2.45) is 5.73 Å². The van der Waals surface area contributed by atoms with Gasteiger partial charge in [0.15, 0.2) is 5.82 Å². The van der Waals surface area contributed by atoms with Gasteiger partial charge in [0.25, 0.3) is 5.91 Å². The summed E-state index contributed by atoms with van der Waals surface area (Å²) in [7, 11) is 0. The molecule has 5 heteroatoms. The number of aromatic amines is 2. The van der Waals surface area contributed by atoms with Crippen molar-refractivity contribution >= 4 is 16.8 Å². The molecule has 17 heavy (non-hydrogen) atoms. The van der Waals surface area contributed by atoms with Crippen LogP contribution >= 0.6 is 0 Å². The Morgan fingerprint density at radius 2 is 2.12 bits per heavy atom. The second-order valence-electron chi connectivity index (χ2n) is 3.77. The van der Waals surface area contributed by atoms with Crippen molar-refractivity contribution in [3.8, 4) is 11.4 Å². The first kappa shape index (κ1) is 9.65. The minimum atomic E-state index is -0.563. The highest BCUT2D eigenvalue weighted by molar-refractivity contribution is 5.90. The molecule has 0 aliphatic heterocycles. The molecule has 1 amide bonds. The topological polar surface area (TPSA) is 87.6 Å². The second kappa shape index (κ2) is 3.48. The Balaban J connectivity index is 2.10. The van der Waals surface area contributed by atoms with E-state index in [1.54, 1.807) is 6.20 Å². The van der Waals surface area contributed by atoms with Crippen molar-refractivity contribution in [3.63, 3.8) is 0 Å². The Morgan fingerprint density at radius 3 is 2.82 bits per heavy atom. The number of amides is 1. The molecule has 5 nitrogen and oxygen atoms in total. The summed E-state index contributed by atoms with van der Waals surface area (Å²) in [5.41, 5.74) is 7.70. The summed E-state index contributed by atoms with van der Waals surface area (Å²) in [4.78, 5) is 21.0. The first-order valence-corrected chi connectivity index (χ1v) is 5.17. The number of primary amides is 1. The lowest BCUT2D eigenvalue weighted by atomic mass is 10.2. The number of benzene rings is 1. The van der Waals surface area contributed by atoms with Crippen LogP contribution in [0.1, 0.15) is 10.6 Å². The predicted octanol–water partition coefficient (Wildman–Crippen LogP) is 1.66. The summed E-state index contributed by atoms with van der Waals surface area (Å²) in [5, 5.41) is 1.10. The molecule has 2 aromatic heterocycles. The third-order valence-electron chi connectivity index (χ3n) is 2.62. The first-order chi connectivity index (χ1) is 8.24. The van der Waals surface area contributed by atoms with Crippen LogP contribution in [0.3, 0.4) is 0 Å². The molecule has 0 fully saturated rings. The van der Waals surface area contributed by atoms with Crippen LogP contribution in [0, 0.1) is 0 Å². The maximum atomic E-state index is 10.9. The van der Waals surface area contributed by atoms with Crippen molar-refractivity contribution in [1.82, 2.24) is 15.0 Å². The van der Waals surface area contributed by atoms with Gasteiger partial charge < -0.3 is 15.7 Å². The number of nitrogens with zero attached hydrogens (tertiary/aromatic N) is 1. The average Bonchev–Trinajstić information content (AvgIpc) is 2.95. The summed E-state index contributed by atoms with van der Waals surface area (Å²) in [6.07, 6.45) is 1.66. The predicted molar refractivity (Wildman–Crippen MR) is 64.4 cm³/mol. The van der Waals surface area contributed by atoms with Gasteiger partial charge in [0, 0.05) is 17.1 Å². The molecule has 0 saturated heterocycles. The van der Waals surface area contributed by atoms with Gasteiger partial charge in [-0.25, -0.2) is 4.98 Å². The monoisotopic (exact) mass is 226 g/mol. The summed E-state index contributed by atoms with van der Waals surface area (Å²) >= 11 is 0. The van der Waals surface area contributed by atoms with E-state index in [9.17, 15) is 4.79 Å². The molecule has 3 aromatic rings. The number of hydrogen-bond donors (Lipinski definition) is 3. The highest BCUT2D eigenvalue weighted by Crippen LogP contribution is 2.22. The lowest BCUT2D eigenvalue weighted by Gasteiger charge is -1.88. The first-order valence-electron chi connectivity index (χ1n) is 5.17. The normalized spacial score (nSPS) is 10.8. The number of para-hydroxylation sites is 1. The number of carbonyl (C=O) groups is 1. The van der Waals surface area contributed by atoms with Gasteiger partial charge in [-0.15, -0.1) is 0 Å². The van der Waals surface area contributed by atoms with E-state index in [2.05, 4.69) is 15.0 Å². The third-order valence-corrected chi connectivity index (χ3v) is 2.62. The average molecular weight is 226 g/mol. The fraction of sp³-hybridized carbons (Fsp3) is 0. The zero-order valence-corrected chi connectivity index (χ0v) is 8.90. The fourth-order valence-electron chi connectivity index (χ4n) is 1.80. The minimum Gasteiger partial charge on any atom is -0.363 e. The number of hydrogen-bond acceptors (Lipinski definition) is 2. The quantitative estimate of drug-likeness (QED) is 0.620. The lowest BCUT2D eigenvalue weighted by Crippen LogP contribution is -2.12. The molecule has 1 aromatic carbocycles. The Morgan fingerprint density at radius 1 is 1.29 bits per heavy atom. The smallest absolute Gasteiger partial charge is 0.284 e. The molecule has 4 N–H and O–H groups in total. The number of fused-ring (bicyclic) bond motifs is 1. The standard InChI is InChI=1S/C12H10N4O/c13-11(17)12-14-6-10(16-12)9-5-7-3-1-2-4-8(7)15-9/h1-6,15H,(H2,13,17)(H,14,16). The van der Waals surface area contributed by atoms with E-state index >= 15 is 0 Å². The van der Waals surface area contributed by atoms with Crippen LogP contribution in [0.4, 0.5) is 0 Å². The molecule has 0 aliphatic rings. The number of carbonyl (C=O) groups excluding carboxylic acids is 1. The zero-order valence-electron chi connectivity index (χ0n) is 8.90. The van der Waals surface area contributed by atoms with Crippen LogP contribution in [0.25, 0.3) is 22.3 Å². The number of rotatable bonds is 2. The van der Waals surface area contributed by atoms with Gasteiger partial charge >= 0.3 is 0 Å². The molecule has 3 rings (SSSR count). The maximum Gasteiger partial charge on any atom is 0.284 e. The van der Waals surface area contributed by atoms with Crippen LogP contribution in [0.15, 0.2) is 36.5 Å². The van der Waals surface area contributed by atoms with Crippen LogP contribution in [-0.4, -0.2) is 20.9 Å². The van der Waals surface area contributed by atoms with Gasteiger partial charge in [-0.1, -0.05) is 18.2 Å². The number of nitrogens with one attached hydrogen (secondary N) is 2. The van der Waals surface area contributed by atoms with Gasteiger partial charge in [-0.2, -0.15) is 0 Å². The summed E-state index contributed by atoms with van der Waals surface area (Å²) in [5.74, 6) is -0.397. The lowest BCUT2D eigenvalue weighted by molar-refractivity contribution is 0.0991. The van der Waals surface area contributed by atoms with E-state index in [1.165, 1.54) is 0 Å². The van der Waals surface area contributed by atoms with E-state index in [0.29, 0.717) is 5.69 Å². The van der Waals surface area contributed by atoms with Gasteiger partial charge in [0.1, 0.15) is 5.69 Å². The van der Waals surface area contributed by atoms with Crippen molar-refractivity contribution in [3.05, 3.63) is 42.4 Å². The largest absolute Gasteiger partial charge is 0.363 e. The van der Waals surface area contributed by atoms with E-state index < -0.39 is 5.91 Å². The van der Waals surface area contributed by atoms with E-state index in [0.717, 1.165) is 16.6 Å². The SMILES string of the molecule is NC(=O)c1nc(-c2cc3ccccc3[nH]2)c[nH]1. The van der Waals surface area contributed by atoms with Crippen molar-refractivity contribution < 1.29 is 4.79 Å². The minimum absolute atomic E-state index is 0.165. The Bertz CT molecular complexity index is 662. The highest BCUT2D eigenvalue weighted by Gasteiger charge is 2.09. The number of imidazole rings is 1. The van der Waals surface area contributed by atoms with E-state index in [-0.39, 0.29) is 5.82 Å². The molecule has 0 unspecified atom stereocenters. The van der Waals surface area contributed by atoms with Gasteiger partial charge in [0.05, 0.1) is 5.69 Å². The van der Waals surface area contributed by atoms with Gasteiger partial charge in [-0.05, 0) is 12.1 Å². The van der Waals surface area contributed by atoms with Crippen molar-refractivity contribution in [2.45, 2.75) is 0 Å². The number of aromatic nitrogens is 3. The Kier molecular flexibility index (Phi) is 1.98. The summed E-state index contributed by atoms with van der Waals surface area (Å²) in [6.45, 7) is 0. The molecule has 0 radical (unpaired) electrons. The number of nitrogens with two attached hydrogens (primary N) is 1. The summed E-state index contributed by atoms with van der Waals surface area (Å²) < 4.78 is 0. The van der Waals surface area contributed by atoms with E-state index in [1.807, 2.05) is 30.3 Å². The molecule has 84 valence electrons. The van der Waals surface area contributed by atoms with Crippen molar-refractivity contribution in [1.29, 1.82) is 0 Å². The Hall–Kier alpha value is -2.56. The molecule has 2 heterocycles. The third kappa shape index (κ3) is 1.57. The summed E-state index contributed by atoms with van der Waals surface area (Å²) in [6, 6.07) is 9.91. The fourth-order valence-corrected chi connectivity index (χ4v) is 1.80. The number of H-pyrrole nitrogens is 2. The molecule has 0 atom stereocenters. The van der Waals surface area contributed by atoms with E-state index in [4.69, 9.17) is 5.73 Å². The second-order valence-corrected chi connectivity index (χ2v) is 3.77. The van der Waals surface area contributed by atoms with Gasteiger partial charge in [-0.3, -0.25) is 4.79 Å². The molecule has 0 spiro atoms. The van der Waals surface area contributed by atoms with Crippen LogP contribution < -0.4 is 5.73 Å². The maximum absolute atomic E-state index is 10.9. The molecule has 0 saturated carbocycles. The molecular formula is C12H10N4O.